The van der Waals surface area contributed by atoms with Crippen molar-refractivity contribution >= 4 is 16.7 Å². The van der Waals surface area contributed by atoms with E-state index in [0.717, 1.165) is 12.1 Å². The van der Waals surface area contributed by atoms with Crippen LogP contribution in [-0.4, -0.2) is 42.6 Å². The molecule has 1 aromatic carbocycles. The number of nitriles is 1. The fourth-order valence-corrected chi connectivity index (χ4v) is 4.85. The molecule has 0 bridgehead atoms. The Hall–Kier alpha value is -4.01. The lowest BCUT2D eigenvalue weighted by Gasteiger charge is -2.38. The van der Waals surface area contributed by atoms with Crippen LogP contribution in [-0.2, 0) is 24.4 Å². The van der Waals surface area contributed by atoms with Gasteiger partial charge in [0.2, 0.25) is 0 Å². The normalized spacial score (nSPS) is 16.1. The Balaban J connectivity index is 1.61. The minimum absolute atomic E-state index is 0.0422. The second kappa shape index (κ2) is 8.79. The van der Waals surface area contributed by atoms with Gasteiger partial charge in [0, 0.05) is 61.9 Å². The molecule has 12 heteroatoms. The van der Waals surface area contributed by atoms with Crippen molar-refractivity contribution in [3.8, 4) is 17.2 Å². The quantitative estimate of drug-likeness (QED) is 0.335. The van der Waals surface area contributed by atoms with Crippen molar-refractivity contribution in [2.45, 2.75) is 51.0 Å². The Labute approximate surface area is 216 Å². The number of aryl methyl sites for hydroxylation is 1. The zero-order chi connectivity index (χ0) is 27.5. The maximum Gasteiger partial charge on any atom is 0.416 e. The van der Waals surface area contributed by atoms with E-state index >= 15 is 4.39 Å². The van der Waals surface area contributed by atoms with Crippen LogP contribution in [0.15, 0.2) is 36.9 Å². The molecule has 4 aromatic rings. The third kappa shape index (κ3) is 4.46. The summed E-state index contributed by atoms with van der Waals surface area (Å²) in [4.78, 5) is 6.17. The number of benzene rings is 1. The summed E-state index contributed by atoms with van der Waals surface area (Å²) in [5.74, 6) is 0.204. The minimum atomic E-state index is -4.66. The lowest BCUT2D eigenvalue weighted by atomic mass is 9.90. The summed E-state index contributed by atoms with van der Waals surface area (Å²) < 4.78 is 60.6. The maximum absolute atomic E-state index is 15.8. The SMILES string of the molecule is Cn1cnnc1C1(F)CCN(c2c(C#N)cc(C(F)(F)F)cc2-c2cnc3nn(C(C)(C)C)cc3c2)CC1. The number of fused-ring (bicyclic) bond motifs is 1. The first-order valence-electron chi connectivity index (χ1n) is 12.1. The summed E-state index contributed by atoms with van der Waals surface area (Å²) in [6, 6.07) is 5.54. The Morgan fingerprint density at radius 2 is 1.79 bits per heavy atom. The zero-order valence-electron chi connectivity index (χ0n) is 21.4. The average Bonchev–Trinajstić information content (AvgIpc) is 3.49. The molecule has 8 nitrogen and oxygen atoms in total. The molecule has 1 aliphatic rings. The maximum atomic E-state index is 15.8. The Kier molecular flexibility index (Phi) is 5.93. The summed E-state index contributed by atoms with van der Waals surface area (Å²) in [5, 5.41) is 22.7. The molecular weight excluding hydrogens is 500 g/mol. The molecule has 4 heterocycles. The van der Waals surface area contributed by atoms with Gasteiger partial charge < -0.3 is 9.47 Å². The lowest BCUT2D eigenvalue weighted by Crippen LogP contribution is -2.42. The molecular formula is C26H26F4N8. The molecule has 1 aliphatic heterocycles. The lowest BCUT2D eigenvalue weighted by molar-refractivity contribution is -0.137. The van der Waals surface area contributed by atoms with Gasteiger partial charge in [-0.15, -0.1) is 10.2 Å². The first kappa shape index (κ1) is 25.6. The van der Waals surface area contributed by atoms with Gasteiger partial charge in [0.25, 0.3) is 0 Å². The molecule has 3 aromatic heterocycles. The van der Waals surface area contributed by atoms with E-state index in [1.807, 2.05) is 26.8 Å². The number of halogens is 4. The number of hydrogen-bond acceptors (Lipinski definition) is 6. The number of nitrogens with zero attached hydrogens (tertiary/aromatic N) is 8. The highest BCUT2D eigenvalue weighted by Crippen LogP contribution is 2.44. The molecule has 1 fully saturated rings. The van der Waals surface area contributed by atoms with E-state index in [4.69, 9.17) is 0 Å². The summed E-state index contributed by atoms with van der Waals surface area (Å²) in [5.41, 5.74) is -1.71. The fourth-order valence-electron chi connectivity index (χ4n) is 4.85. The largest absolute Gasteiger partial charge is 0.416 e. The monoisotopic (exact) mass is 526 g/mol. The van der Waals surface area contributed by atoms with Crippen LogP contribution in [0, 0.1) is 11.3 Å². The van der Waals surface area contributed by atoms with Gasteiger partial charge in [-0.3, -0.25) is 4.68 Å². The van der Waals surface area contributed by atoms with Crippen LogP contribution >= 0.6 is 0 Å². The summed E-state index contributed by atoms with van der Waals surface area (Å²) in [6.07, 6.45) is 0.112. The summed E-state index contributed by atoms with van der Waals surface area (Å²) in [6.45, 7) is 6.28. The van der Waals surface area contributed by atoms with Crippen molar-refractivity contribution in [3.05, 3.63) is 53.9 Å². The number of pyridine rings is 1. The van der Waals surface area contributed by atoms with Gasteiger partial charge in [-0.1, -0.05) is 0 Å². The van der Waals surface area contributed by atoms with Gasteiger partial charge in [0.05, 0.1) is 22.4 Å². The highest BCUT2D eigenvalue weighted by Gasteiger charge is 2.41. The molecule has 0 N–H and O–H groups in total. The van der Waals surface area contributed by atoms with Gasteiger partial charge in [0.15, 0.2) is 17.1 Å². The Bertz CT molecular complexity index is 1550. The average molecular weight is 527 g/mol. The second-order valence-corrected chi connectivity index (χ2v) is 10.6. The topological polar surface area (TPSA) is 88.4 Å². The van der Waals surface area contributed by atoms with Gasteiger partial charge in [-0.2, -0.15) is 23.5 Å². The van der Waals surface area contributed by atoms with Crippen molar-refractivity contribution in [2.24, 2.45) is 7.05 Å². The number of aromatic nitrogens is 6. The zero-order valence-corrected chi connectivity index (χ0v) is 21.4. The van der Waals surface area contributed by atoms with Crippen LogP contribution in [0.25, 0.3) is 22.2 Å². The van der Waals surface area contributed by atoms with E-state index in [1.165, 1.54) is 17.1 Å². The highest BCUT2D eigenvalue weighted by atomic mass is 19.4. The molecule has 0 amide bonds. The van der Waals surface area contributed by atoms with Crippen molar-refractivity contribution in [1.82, 2.24) is 29.5 Å². The molecule has 0 spiro atoms. The first-order valence-corrected chi connectivity index (χ1v) is 12.1. The van der Waals surface area contributed by atoms with Crippen molar-refractivity contribution < 1.29 is 17.6 Å². The predicted molar refractivity (Wildman–Crippen MR) is 133 cm³/mol. The van der Waals surface area contributed by atoms with Crippen LogP contribution < -0.4 is 4.90 Å². The molecule has 1 saturated heterocycles. The molecule has 198 valence electrons. The number of piperidine rings is 1. The second-order valence-electron chi connectivity index (χ2n) is 10.6. The molecule has 5 rings (SSSR count). The molecule has 0 unspecified atom stereocenters. The highest BCUT2D eigenvalue weighted by molar-refractivity contribution is 5.88. The van der Waals surface area contributed by atoms with Crippen molar-refractivity contribution in [2.75, 3.05) is 18.0 Å². The van der Waals surface area contributed by atoms with Crippen LogP contribution in [0.2, 0.25) is 0 Å². The Morgan fingerprint density at radius 3 is 2.37 bits per heavy atom. The molecule has 0 saturated carbocycles. The number of alkyl halides is 4. The summed E-state index contributed by atoms with van der Waals surface area (Å²) >= 11 is 0. The van der Waals surface area contributed by atoms with Crippen LogP contribution in [0.3, 0.4) is 0 Å². The van der Waals surface area contributed by atoms with Crippen LogP contribution in [0.5, 0.6) is 0 Å². The fraction of sp³-hybridized carbons (Fsp3) is 0.423. The van der Waals surface area contributed by atoms with E-state index in [1.54, 1.807) is 28.9 Å². The van der Waals surface area contributed by atoms with E-state index in [0.29, 0.717) is 22.3 Å². The van der Waals surface area contributed by atoms with E-state index in [9.17, 15) is 18.4 Å². The van der Waals surface area contributed by atoms with E-state index in [2.05, 4.69) is 20.3 Å². The molecule has 0 atom stereocenters. The first-order chi connectivity index (χ1) is 17.8. The third-order valence-corrected chi connectivity index (χ3v) is 6.90. The van der Waals surface area contributed by atoms with Crippen LogP contribution in [0.4, 0.5) is 23.2 Å². The van der Waals surface area contributed by atoms with E-state index in [-0.39, 0.29) is 48.4 Å². The third-order valence-electron chi connectivity index (χ3n) is 6.90. The molecule has 0 radical (unpaired) electrons. The van der Waals surface area contributed by atoms with Gasteiger partial charge in [-0.05, 0) is 39.0 Å². The smallest absolute Gasteiger partial charge is 0.370 e. The van der Waals surface area contributed by atoms with Gasteiger partial charge >= 0.3 is 6.18 Å². The minimum Gasteiger partial charge on any atom is -0.370 e. The van der Waals surface area contributed by atoms with Crippen molar-refractivity contribution in [1.29, 1.82) is 5.26 Å². The Morgan fingerprint density at radius 1 is 1.08 bits per heavy atom. The van der Waals surface area contributed by atoms with Gasteiger partial charge in [-0.25, -0.2) is 9.37 Å². The van der Waals surface area contributed by atoms with Gasteiger partial charge in [0.1, 0.15) is 12.4 Å². The number of hydrogen-bond donors (Lipinski definition) is 0. The molecule has 38 heavy (non-hydrogen) atoms. The summed E-state index contributed by atoms with van der Waals surface area (Å²) in [7, 11) is 1.66. The van der Waals surface area contributed by atoms with Crippen LogP contribution in [0.1, 0.15) is 50.6 Å². The van der Waals surface area contributed by atoms with Crippen molar-refractivity contribution in [3.63, 3.8) is 0 Å². The standard InChI is InChI=1S/C26H26F4N8/c1-24(2,3)38-14-18-9-17(13-32-22(18)35-38)20-11-19(26(28,29)30)10-16(12-31)21(20)37-7-5-25(27,6-8-37)23-34-33-15-36(23)4/h9-11,13-15H,5-8H2,1-4H3. The predicted octanol–water partition coefficient (Wildman–Crippen LogP) is 5.34. The molecule has 0 aliphatic carbocycles. The number of anilines is 1. The van der Waals surface area contributed by atoms with E-state index < -0.39 is 17.4 Å². The number of rotatable bonds is 3.